The summed E-state index contributed by atoms with van der Waals surface area (Å²) in [5, 5.41) is 1.24. The van der Waals surface area contributed by atoms with Crippen LogP contribution in [0.3, 0.4) is 0 Å². The Labute approximate surface area is 120 Å². The molecule has 0 amide bonds. The fraction of sp³-hybridized carbons (Fsp3) is 0.400. The van der Waals surface area contributed by atoms with Crippen LogP contribution < -0.4 is 0 Å². The van der Waals surface area contributed by atoms with Gasteiger partial charge in [0.1, 0.15) is 0 Å². The molecule has 3 nitrogen and oxygen atoms in total. The monoisotopic (exact) mass is 321 g/mol. The van der Waals surface area contributed by atoms with Gasteiger partial charge in [-0.2, -0.15) is 0 Å². The summed E-state index contributed by atoms with van der Waals surface area (Å²) in [6.07, 6.45) is 5.76. The van der Waals surface area contributed by atoms with Crippen LogP contribution in [0.2, 0.25) is 0 Å². The number of carbonyl (C=O) groups excluding carboxylic acids is 1. The number of carbonyl (C=O) groups is 1. The Morgan fingerprint density at radius 1 is 1.47 bits per heavy atom. The summed E-state index contributed by atoms with van der Waals surface area (Å²) in [5.41, 5.74) is 2.55. The molecular formula is C15H16BrNO2. The Morgan fingerprint density at radius 2 is 2.26 bits per heavy atom. The predicted octanol–water partition coefficient (Wildman–Crippen LogP) is 3.82. The molecule has 0 unspecified atom stereocenters. The Hall–Kier alpha value is -1.29. The topological polar surface area (TPSA) is 42.1 Å². The number of fused-ring (bicyclic) bond motifs is 1. The Kier molecular flexibility index (Phi) is 3.13. The first kappa shape index (κ1) is 12.7. The summed E-state index contributed by atoms with van der Waals surface area (Å²) in [5.74, 6) is -0.0986. The SMILES string of the molecule is COC(=O)CC1(Cc2c[nH]c3c(Br)cccc23)CC1. The Bertz CT molecular complexity index is 628. The smallest absolute Gasteiger partial charge is 0.306 e. The first-order valence-corrected chi connectivity index (χ1v) is 7.24. The molecule has 0 bridgehead atoms. The third-order valence-corrected chi connectivity index (χ3v) is 4.68. The average molecular weight is 322 g/mol. The second-order valence-corrected chi connectivity index (χ2v) is 6.26. The zero-order valence-electron chi connectivity index (χ0n) is 10.8. The summed E-state index contributed by atoms with van der Waals surface area (Å²) in [6, 6.07) is 6.20. The van der Waals surface area contributed by atoms with E-state index in [0.717, 1.165) is 29.3 Å². The van der Waals surface area contributed by atoms with Crippen molar-refractivity contribution >= 4 is 32.8 Å². The summed E-state index contributed by atoms with van der Waals surface area (Å²) in [7, 11) is 1.46. The van der Waals surface area contributed by atoms with Gasteiger partial charge in [-0.3, -0.25) is 4.79 Å². The van der Waals surface area contributed by atoms with Crippen molar-refractivity contribution in [3.8, 4) is 0 Å². The van der Waals surface area contributed by atoms with E-state index >= 15 is 0 Å². The molecule has 1 N–H and O–H groups in total. The van der Waals surface area contributed by atoms with Gasteiger partial charge in [0.15, 0.2) is 0 Å². The van der Waals surface area contributed by atoms with Crippen molar-refractivity contribution in [2.45, 2.75) is 25.7 Å². The normalized spacial score (nSPS) is 16.5. The second kappa shape index (κ2) is 4.67. The number of aromatic nitrogens is 1. The lowest BCUT2D eigenvalue weighted by Gasteiger charge is -2.12. The molecule has 3 rings (SSSR count). The van der Waals surface area contributed by atoms with Gasteiger partial charge in [-0.15, -0.1) is 0 Å². The standard InChI is InChI=1S/C15H16BrNO2/c1-19-13(18)8-15(5-6-15)7-10-9-17-14-11(10)3-2-4-12(14)16/h2-4,9,17H,5-8H2,1H3. The van der Waals surface area contributed by atoms with Gasteiger partial charge in [0.05, 0.1) is 19.0 Å². The highest BCUT2D eigenvalue weighted by Gasteiger charge is 2.44. The van der Waals surface area contributed by atoms with E-state index in [2.05, 4.69) is 33.2 Å². The fourth-order valence-electron chi connectivity index (χ4n) is 2.70. The average Bonchev–Trinajstić information content (AvgIpc) is 3.02. The molecular weight excluding hydrogens is 306 g/mol. The lowest BCUT2D eigenvalue weighted by atomic mass is 9.93. The van der Waals surface area contributed by atoms with E-state index in [1.807, 2.05) is 12.1 Å². The van der Waals surface area contributed by atoms with E-state index in [1.54, 1.807) is 0 Å². The number of hydrogen-bond donors (Lipinski definition) is 1. The van der Waals surface area contributed by atoms with Crippen molar-refractivity contribution in [1.29, 1.82) is 0 Å². The van der Waals surface area contributed by atoms with Gasteiger partial charge >= 0.3 is 5.97 Å². The molecule has 1 aliphatic rings. The number of aromatic amines is 1. The maximum absolute atomic E-state index is 11.5. The van der Waals surface area contributed by atoms with Crippen molar-refractivity contribution in [2.24, 2.45) is 5.41 Å². The first-order valence-electron chi connectivity index (χ1n) is 6.45. The number of halogens is 1. The molecule has 0 radical (unpaired) electrons. The number of para-hydroxylation sites is 1. The number of methoxy groups -OCH3 is 1. The lowest BCUT2D eigenvalue weighted by molar-refractivity contribution is -0.142. The quantitative estimate of drug-likeness (QED) is 0.870. The minimum atomic E-state index is -0.0986. The molecule has 1 saturated carbocycles. The van der Waals surface area contributed by atoms with Crippen LogP contribution >= 0.6 is 15.9 Å². The van der Waals surface area contributed by atoms with E-state index in [-0.39, 0.29) is 11.4 Å². The predicted molar refractivity (Wildman–Crippen MR) is 78.0 cm³/mol. The molecule has 1 fully saturated rings. The van der Waals surface area contributed by atoms with Crippen LogP contribution in [0.15, 0.2) is 28.9 Å². The summed E-state index contributed by atoms with van der Waals surface area (Å²) < 4.78 is 5.88. The van der Waals surface area contributed by atoms with Crippen LogP contribution in [0.5, 0.6) is 0 Å². The van der Waals surface area contributed by atoms with Gasteiger partial charge in [0.2, 0.25) is 0 Å². The van der Waals surface area contributed by atoms with Gasteiger partial charge < -0.3 is 9.72 Å². The van der Waals surface area contributed by atoms with E-state index in [1.165, 1.54) is 18.1 Å². The molecule has 1 heterocycles. The molecule has 0 saturated heterocycles. The number of esters is 1. The van der Waals surface area contributed by atoms with Crippen LogP contribution in [0.4, 0.5) is 0 Å². The molecule has 100 valence electrons. The summed E-state index contributed by atoms with van der Waals surface area (Å²) in [4.78, 5) is 14.8. The Morgan fingerprint density at radius 3 is 2.95 bits per heavy atom. The molecule has 1 aromatic heterocycles. The van der Waals surface area contributed by atoms with Crippen molar-refractivity contribution in [3.63, 3.8) is 0 Å². The van der Waals surface area contributed by atoms with Crippen LogP contribution in [-0.2, 0) is 16.0 Å². The number of nitrogens with one attached hydrogen (secondary N) is 1. The number of rotatable bonds is 4. The van der Waals surface area contributed by atoms with Crippen molar-refractivity contribution in [3.05, 3.63) is 34.4 Å². The molecule has 0 aliphatic heterocycles. The van der Waals surface area contributed by atoms with E-state index in [4.69, 9.17) is 4.74 Å². The molecule has 2 aromatic rings. The third-order valence-electron chi connectivity index (χ3n) is 4.02. The molecule has 1 aliphatic carbocycles. The molecule has 0 spiro atoms. The van der Waals surface area contributed by atoms with Gasteiger partial charge in [-0.05, 0) is 52.2 Å². The van der Waals surface area contributed by atoms with Crippen molar-refractivity contribution in [1.82, 2.24) is 4.98 Å². The number of hydrogen-bond acceptors (Lipinski definition) is 2. The summed E-state index contributed by atoms with van der Waals surface area (Å²) in [6.45, 7) is 0. The Balaban J connectivity index is 1.86. The van der Waals surface area contributed by atoms with E-state index in [0.29, 0.717) is 6.42 Å². The highest BCUT2D eigenvalue weighted by Crippen LogP contribution is 2.52. The van der Waals surface area contributed by atoms with E-state index in [9.17, 15) is 4.79 Å². The highest BCUT2D eigenvalue weighted by molar-refractivity contribution is 9.10. The third kappa shape index (κ3) is 2.41. The van der Waals surface area contributed by atoms with Crippen LogP contribution in [-0.4, -0.2) is 18.1 Å². The second-order valence-electron chi connectivity index (χ2n) is 5.41. The molecule has 4 heteroatoms. The van der Waals surface area contributed by atoms with Crippen molar-refractivity contribution < 1.29 is 9.53 Å². The van der Waals surface area contributed by atoms with E-state index < -0.39 is 0 Å². The number of benzene rings is 1. The molecule has 19 heavy (non-hydrogen) atoms. The van der Waals surface area contributed by atoms with Crippen LogP contribution in [0.25, 0.3) is 10.9 Å². The minimum absolute atomic E-state index is 0.0986. The van der Waals surface area contributed by atoms with Gasteiger partial charge in [0, 0.05) is 16.1 Å². The fourth-order valence-corrected chi connectivity index (χ4v) is 3.18. The van der Waals surface area contributed by atoms with Crippen molar-refractivity contribution in [2.75, 3.05) is 7.11 Å². The zero-order valence-corrected chi connectivity index (χ0v) is 12.4. The zero-order chi connectivity index (χ0) is 13.5. The van der Waals surface area contributed by atoms with Gasteiger partial charge in [-0.25, -0.2) is 0 Å². The first-order chi connectivity index (χ1) is 9.13. The summed E-state index contributed by atoms with van der Waals surface area (Å²) >= 11 is 3.55. The van der Waals surface area contributed by atoms with Crippen LogP contribution in [0.1, 0.15) is 24.8 Å². The molecule has 1 aromatic carbocycles. The maximum atomic E-state index is 11.5. The maximum Gasteiger partial charge on any atom is 0.306 e. The molecule has 0 atom stereocenters. The number of ether oxygens (including phenoxy) is 1. The number of H-pyrrole nitrogens is 1. The van der Waals surface area contributed by atoms with Gasteiger partial charge in [-0.1, -0.05) is 12.1 Å². The largest absolute Gasteiger partial charge is 0.469 e. The minimum Gasteiger partial charge on any atom is -0.469 e. The van der Waals surface area contributed by atoms with Gasteiger partial charge in [0.25, 0.3) is 0 Å². The highest BCUT2D eigenvalue weighted by atomic mass is 79.9. The lowest BCUT2D eigenvalue weighted by Crippen LogP contribution is -2.13. The van der Waals surface area contributed by atoms with Crippen LogP contribution in [0, 0.1) is 5.41 Å².